The van der Waals surface area contributed by atoms with Crippen LogP contribution in [0.15, 0.2) is 4.99 Å². The van der Waals surface area contributed by atoms with E-state index in [1.54, 1.807) is 0 Å². The highest BCUT2D eigenvalue weighted by Gasteiger charge is 2.22. The normalized spacial score (nSPS) is 14.1. The van der Waals surface area contributed by atoms with Gasteiger partial charge in [0.15, 0.2) is 5.96 Å². The van der Waals surface area contributed by atoms with Crippen LogP contribution in [0.4, 0.5) is 0 Å². The number of hydrogen-bond acceptors (Lipinski definition) is 2. The van der Waals surface area contributed by atoms with Crippen LogP contribution >= 0.6 is 24.0 Å². The second kappa shape index (κ2) is 15.0. The molecule has 1 saturated carbocycles. The third kappa shape index (κ3) is 13.6. The molecule has 0 atom stereocenters. The lowest BCUT2D eigenvalue weighted by Crippen LogP contribution is -2.39. The second-order valence-corrected chi connectivity index (χ2v) is 6.09. The summed E-state index contributed by atoms with van der Waals surface area (Å²) in [5, 5.41) is 9.44. The third-order valence-corrected chi connectivity index (χ3v) is 3.74. The van der Waals surface area contributed by atoms with Crippen molar-refractivity contribution in [2.45, 2.75) is 77.7 Å². The smallest absolute Gasteiger partial charge is 0.242 e. The fraction of sp³-hybridized carbons (Fsp3) is 0.882. The van der Waals surface area contributed by atoms with Crippen LogP contribution in [0, 0.1) is 0 Å². The van der Waals surface area contributed by atoms with Crippen LogP contribution < -0.4 is 16.0 Å². The number of guanidine groups is 1. The van der Waals surface area contributed by atoms with E-state index in [9.17, 15) is 4.79 Å². The van der Waals surface area contributed by atoms with Crippen LogP contribution in [0.1, 0.15) is 71.6 Å². The van der Waals surface area contributed by atoms with E-state index in [0.29, 0.717) is 6.04 Å². The molecule has 0 aromatic carbocycles. The summed E-state index contributed by atoms with van der Waals surface area (Å²) in [5.41, 5.74) is 0. The van der Waals surface area contributed by atoms with Gasteiger partial charge in [0, 0.05) is 19.1 Å². The Morgan fingerprint density at radius 1 is 1.00 bits per heavy atom. The zero-order chi connectivity index (χ0) is 16.0. The number of halogens is 1. The van der Waals surface area contributed by atoms with Crippen molar-refractivity contribution >= 4 is 35.8 Å². The lowest BCUT2D eigenvalue weighted by atomic mass is 10.1. The number of carbonyl (C=O) groups excluding carboxylic acids is 1. The molecule has 5 nitrogen and oxygen atoms in total. The molecule has 0 aromatic rings. The molecular weight excluding hydrogens is 403 g/mol. The molecule has 0 aromatic heterocycles. The third-order valence-electron chi connectivity index (χ3n) is 3.74. The van der Waals surface area contributed by atoms with Gasteiger partial charge in [0.2, 0.25) is 5.91 Å². The van der Waals surface area contributed by atoms with Crippen molar-refractivity contribution in [3.8, 4) is 0 Å². The Kier molecular flexibility index (Phi) is 14.7. The van der Waals surface area contributed by atoms with Gasteiger partial charge < -0.3 is 16.0 Å². The van der Waals surface area contributed by atoms with Gasteiger partial charge in [0.1, 0.15) is 6.54 Å². The molecule has 1 rings (SSSR count). The topological polar surface area (TPSA) is 65.5 Å². The Morgan fingerprint density at radius 3 is 2.26 bits per heavy atom. The molecule has 0 unspecified atom stereocenters. The van der Waals surface area contributed by atoms with E-state index in [1.165, 1.54) is 38.5 Å². The zero-order valence-electron chi connectivity index (χ0n) is 14.8. The van der Waals surface area contributed by atoms with Crippen molar-refractivity contribution in [1.82, 2.24) is 16.0 Å². The molecule has 0 radical (unpaired) electrons. The van der Waals surface area contributed by atoms with Gasteiger partial charge in [-0.25, -0.2) is 4.99 Å². The number of unbranched alkanes of at least 4 members (excludes halogenated alkanes) is 6. The van der Waals surface area contributed by atoms with Gasteiger partial charge >= 0.3 is 0 Å². The van der Waals surface area contributed by atoms with Crippen molar-refractivity contribution in [1.29, 1.82) is 0 Å². The molecule has 0 bridgehead atoms. The maximum Gasteiger partial charge on any atom is 0.242 e. The summed E-state index contributed by atoms with van der Waals surface area (Å²) in [6.45, 7) is 6.23. The van der Waals surface area contributed by atoms with Crippen molar-refractivity contribution < 1.29 is 4.79 Å². The van der Waals surface area contributed by atoms with Crippen LogP contribution in [0.25, 0.3) is 0 Å². The van der Waals surface area contributed by atoms with Gasteiger partial charge in [-0.05, 0) is 26.2 Å². The fourth-order valence-electron chi connectivity index (χ4n) is 2.28. The summed E-state index contributed by atoms with van der Waals surface area (Å²) in [6.07, 6.45) is 11.4. The highest BCUT2D eigenvalue weighted by Crippen LogP contribution is 2.18. The number of nitrogens with zero attached hydrogens (tertiary/aromatic N) is 1. The minimum absolute atomic E-state index is 0. The lowest BCUT2D eigenvalue weighted by Gasteiger charge is -2.11. The van der Waals surface area contributed by atoms with E-state index in [0.717, 1.165) is 38.3 Å². The van der Waals surface area contributed by atoms with E-state index >= 15 is 0 Å². The summed E-state index contributed by atoms with van der Waals surface area (Å²) in [4.78, 5) is 16.0. The number of aliphatic imine (C=N–C) groups is 1. The van der Waals surface area contributed by atoms with Crippen molar-refractivity contribution in [3.63, 3.8) is 0 Å². The molecule has 0 aliphatic heterocycles. The van der Waals surface area contributed by atoms with Gasteiger partial charge in [-0.2, -0.15) is 0 Å². The van der Waals surface area contributed by atoms with Gasteiger partial charge in [-0.1, -0.05) is 45.4 Å². The van der Waals surface area contributed by atoms with E-state index in [-0.39, 0.29) is 36.4 Å². The predicted molar refractivity (Wildman–Crippen MR) is 109 cm³/mol. The monoisotopic (exact) mass is 438 g/mol. The molecule has 3 N–H and O–H groups in total. The van der Waals surface area contributed by atoms with E-state index in [2.05, 4.69) is 27.9 Å². The van der Waals surface area contributed by atoms with E-state index < -0.39 is 0 Å². The van der Waals surface area contributed by atoms with Gasteiger partial charge in [0.25, 0.3) is 0 Å². The zero-order valence-corrected chi connectivity index (χ0v) is 17.2. The maximum absolute atomic E-state index is 11.6. The van der Waals surface area contributed by atoms with Crippen LogP contribution in [0.5, 0.6) is 0 Å². The molecule has 1 amide bonds. The van der Waals surface area contributed by atoms with Crippen LogP contribution in [-0.2, 0) is 4.79 Å². The van der Waals surface area contributed by atoms with Crippen molar-refractivity contribution in [2.75, 3.05) is 19.6 Å². The van der Waals surface area contributed by atoms with E-state index in [1.807, 2.05) is 6.92 Å². The van der Waals surface area contributed by atoms with E-state index in [4.69, 9.17) is 0 Å². The molecule has 136 valence electrons. The number of nitrogens with one attached hydrogen (secondary N) is 3. The Morgan fingerprint density at radius 2 is 1.65 bits per heavy atom. The molecule has 6 heteroatoms. The standard InChI is InChI=1S/C17H34N4O.HI/c1-3-5-6-7-8-9-10-13-19-17(18-4-2)20-14-16(22)21-15-11-12-15;/h15H,3-14H2,1-2H3,(H,21,22)(H2,18,19,20);1H. The maximum atomic E-state index is 11.6. The lowest BCUT2D eigenvalue weighted by molar-refractivity contribution is -0.119. The SMILES string of the molecule is CCCCCCCCCNC(=NCC(=O)NC1CC1)NCC.I. The minimum Gasteiger partial charge on any atom is -0.357 e. The summed E-state index contributed by atoms with van der Waals surface area (Å²) in [7, 11) is 0. The van der Waals surface area contributed by atoms with Crippen molar-refractivity contribution in [2.24, 2.45) is 4.99 Å². The highest BCUT2D eigenvalue weighted by atomic mass is 127. The highest BCUT2D eigenvalue weighted by molar-refractivity contribution is 14.0. The summed E-state index contributed by atoms with van der Waals surface area (Å²) in [5.74, 6) is 0.773. The molecule has 23 heavy (non-hydrogen) atoms. The van der Waals surface area contributed by atoms with Gasteiger partial charge in [-0.15, -0.1) is 24.0 Å². The average Bonchev–Trinajstić information content (AvgIpc) is 3.31. The second-order valence-electron chi connectivity index (χ2n) is 6.09. The summed E-state index contributed by atoms with van der Waals surface area (Å²) < 4.78 is 0. The first-order valence-electron chi connectivity index (χ1n) is 9.07. The predicted octanol–water partition coefficient (Wildman–Crippen LogP) is 3.19. The summed E-state index contributed by atoms with van der Waals surface area (Å²) in [6, 6.07) is 0.408. The first kappa shape index (κ1) is 22.5. The molecule has 1 fully saturated rings. The first-order chi connectivity index (χ1) is 10.8. The molecule has 1 aliphatic carbocycles. The quantitative estimate of drug-likeness (QED) is 0.190. The fourth-order valence-corrected chi connectivity index (χ4v) is 2.28. The first-order valence-corrected chi connectivity index (χ1v) is 9.07. The molecule has 1 aliphatic rings. The number of amides is 1. The van der Waals surface area contributed by atoms with Crippen LogP contribution in [0.2, 0.25) is 0 Å². The Bertz CT molecular complexity index is 333. The van der Waals surface area contributed by atoms with Gasteiger partial charge in [-0.3, -0.25) is 4.79 Å². The number of hydrogen-bond donors (Lipinski definition) is 3. The van der Waals surface area contributed by atoms with Crippen molar-refractivity contribution in [3.05, 3.63) is 0 Å². The number of rotatable bonds is 12. The molecule has 0 heterocycles. The Balaban J connectivity index is 0.00000484. The molecule has 0 saturated heterocycles. The van der Waals surface area contributed by atoms with Crippen LogP contribution in [-0.4, -0.2) is 37.5 Å². The molecule has 0 spiro atoms. The minimum atomic E-state index is 0. The Hall–Kier alpha value is -0.530. The van der Waals surface area contributed by atoms with Crippen LogP contribution in [0.3, 0.4) is 0 Å². The Labute approximate surface area is 158 Å². The molecular formula is C17H35IN4O. The average molecular weight is 438 g/mol. The summed E-state index contributed by atoms with van der Waals surface area (Å²) >= 11 is 0. The van der Waals surface area contributed by atoms with Gasteiger partial charge in [0.05, 0.1) is 0 Å². The number of carbonyl (C=O) groups is 1. The largest absolute Gasteiger partial charge is 0.357 e.